The van der Waals surface area contributed by atoms with E-state index in [1.54, 1.807) is 0 Å². The third-order valence-electron chi connectivity index (χ3n) is 3.80. The van der Waals surface area contributed by atoms with Crippen LogP contribution in [-0.4, -0.2) is 54.3 Å². The number of amides is 2. The van der Waals surface area contributed by atoms with Crippen LogP contribution in [0.15, 0.2) is 30.3 Å². The first-order valence-electron chi connectivity index (χ1n) is 7.50. The average Bonchev–Trinajstić information content (AvgIpc) is 2.82. The van der Waals surface area contributed by atoms with Crippen LogP contribution in [0, 0.1) is 0 Å². The Morgan fingerprint density at radius 1 is 1.00 bits per heavy atom. The maximum Gasteiger partial charge on any atom is 0.229 e. The summed E-state index contributed by atoms with van der Waals surface area (Å²) < 4.78 is 0. The number of carbonyl (C=O) groups is 2. The highest BCUT2D eigenvalue weighted by Crippen LogP contribution is 2.11. The van der Waals surface area contributed by atoms with Crippen LogP contribution in [0.1, 0.15) is 18.4 Å². The number of nitrogens with two attached hydrogens (primary N) is 1. The molecule has 1 aromatic rings. The Morgan fingerprint density at radius 2 is 1.64 bits per heavy atom. The number of benzene rings is 1. The molecule has 1 fully saturated rings. The number of hydrogen-bond acceptors (Lipinski definition) is 4. The molecule has 22 heavy (non-hydrogen) atoms. The largest absolute Gasteiger partial charge is 0.329 e. The molecule has 0 atom stereocenters. The van der Waals surface area contributed by atoms with E-state index in [0.717, 1.165) is 19.5 Å². The van der Waals surface area contributed by atoms with Crippen molar-refractivity contribution in [1.82, 2.24) is 9.80 Å². The minimum atomic E-state index is -0.0456. The SMILES string of the molecule is Cl.NCCN(CCc1ccccc1)CCN1C(=O)CCC1=O. The first-order valence-corrected chi connectivity index (χ1v) is 7.50. The van der Waals surface area contributed by atoms with Crippen LogP contribution in [0.2, 0.25) is 0 Å². The van der Waals surface area contributed by atoms with E-state index in [4.69, 9.17) is 5.73 Å². The second-order valence-corrected chi connectivity index (χ2v) is 5.31. The Morgan fingerprint density at radius 3 is 2.23 bits per heavy atom. The van der Waals surface area contributed by atoms with Gasteiger partial charge in [0, 0.05) is 45.6 Å². The summed E-state index contributed by atoms with van der Waals surface area (Å²) in [7, 11) is 0. The summed E-state index contributed by atoms with van der Waals surface area (Å²) in [5.74, 6) is -0.0912. The lowest BCUT2D eigenvalue weighted by Crippen LogP contribution is -2.40. The van der Waals surface area contributed by atoms with Crippen molar-refractivity contribution in [3.05, 3.63) is 35.9 Å². The highest BCUT2D eigenvalue weighted by atomic mass is 35.5. The number of imide groups is 1. The molecular weight excluding hydrogens is 302 g/mol. The normalized spacial score (nSPS) is 14.5. The maximum atomic E-state index is 11.6. The van der Waals surface area contributed by atoms with Gasteiger partial charge >= 0.3 is 0 Å². The molecule has 0 bridgehead atoms. The van der Waals surface area contributed by atoms with Gasteiger partial charge in [0.2, 0.25) is 11.8 Å². The van der Waals surface area contributed by atoms with E-state index in [1.807, 2.05) is 18.2 Å². The summed E-state index contributed by atoms with van der Waals surface area (Å²) in [5, 5.41) is 0. The smallest absolute Gasteiger partial charge is 0.229 e. The third-order valence-corrected chi connectivity index (χ3v) is 3.80. The van der Waals surface area contributed by atoms with Gasteiger partial charge in [-0.3, -0.25) is 19.4 Å². The van der Waals surface area contributed by atoms with Crippen LogP contribution in [0.5, 0.6) is 0 Å². The summed E-state index contributed by atoms with van der Waals surface area (Å²) in [6.45, 7) is 3.42. The van der Waals surface area contributed by atoms with E-state index in [0.29, 0.717) is 32.5 Å². The van der Waals surface area contributed by atoms with Crippen molar-refractivity contribution in [1.29, 1.82) is 0 Å². The quantitative estimate of drug-likeness (QED) is 0.726. The van der Waals surface area contributed by atoms with Crippen LogP contribution < -0.4 is 5.73 Å². The molecule has 2 rings (SSSR count). The minimum Gasteiger partial charge on any atom is -0.329 e. The van der Waals surface area contributed by atoms with Crippen molar-refractivity contribution in [2.75, 3.05) is 32.7 Å². The Labute approximate surface area is 137 Å². The van der Waals surface area contributed by atoms with Gasteiger partial charge in [-0.25, -0.2) is 0 Å². The first-order chi connectivity index (χ1) is 10.2. The van der Waals surface area contributed by atoms with E-state index in [-0.39, 0.29) is 24.2 Å². The van der Waals surface area contributed by atoms with Gasteiger partial charge in [-0.15, -0.1) is 12.4 Å². The zero-order chi connectivity index (χ0) is 15.1. The van der Waals surface area contributed by atoms with E-state index < -0.39 is 0 Å². The van der Waals surface area contributed by atoms with E-state index >= 15 is 0 Å². The van der Waals surface area contributed by atoms with E-state index in [1.165, 1.54) is 10.5 Å². The molecular formula is C16H24ClN3O2. The van der Waals surface area contributed by atoms with Crippen LogP contribution in [0.3, 0.4) is 0 Å². The summed E-state index contributed by atoms with van der Waals surface area (Å²) >= 11 is 0. The van der Waals surface area contributed by atoms with Crippen LogP contribution in [0.25, 0.3) is 0 Å². The highest BCUT2D eigenvalue weighted by molar-refractivity contribution is 6.01. The number of carbonyl (C=O) groups excluding carboxylic acids is 2. The monoisotopic (exact) mass is 325 g/mol. The number of nitrogens with zero attached hydrogens (tertiary/aromatic N) is 2. The summed E-state index contributed by atoms with van der Waals surface area (Å²) in [5.41, 5.74) is 6.93. The number of likely N-dealkylation sites (tertiary alicyclic amines) is 1. The van der Waals surface area contributed by atoms with Gasteiger partial charge in [0.15, 0.2) is 0 Å². The van der Waals surface area contributed by atoms with Crippen molar-refractivity contribution in [2.24, 2.45) is 5.73 Å². The zero-order valence-electron chi connectivity index (χ0n) is 12.7. The lowest BCUT2D eigenvalue weighted by Gasteiger charge is -2.24. The predicted octanol–water partition coefficient (Wildman–Crippen LogP) is 1.06. The lowest BCUT2D eigenvalue weighted by molar-refractivity contribution is -0.138. The number of rotatable bonds is 8. The zero-order valence-corrected chi connectivity index (χ0v) is 13.6. The van der Waals surface area contributed by atoms with Crippen LogP contribution >= 0.6 is 12.4 Å². The Hall–Kier alpha value is -1.43. The Balaban J connectivity index is 0.00000242. The molecule has 1 heterocycles. The second kappa shape index (κ2) is 9.56. The summed E-state index contributed by atoms with van der Waals surface area (Å²) in [6, 6.07) is 10.3. The fourth-order valence-electron chi connectivity index (χ4n) is 2.56. The molecule has 0 unspecified atom stereocenters. The van der Waals surface area contributed by atoms with Crippen molar-refractivity contribution in [3.8, 4) is 0 Å². The summed E-state index contributed by atoms with van der Waals surface area (Å²) in [6.07, 6.45) is 1.67. The van der Waals surface area contributed by atoms with Gasteiger partial charge < -0.3 is 5.73 Å². The molecule has 5 nitrogen and oxygen atoms in total. The molecule has 0 radical (unpaired) electrons. The minimum absolute atomic E-state index is 0. The lowest BCUT2D eigenvalue weighted by atomic mass is 10.1. The predicted molar refractivity (Wildman–Crippen MR) is 88.8 cm³/mol. The summed E-state index contributed by atoms with van der Waals surface area (Å²) in [4.78, 5) is 26.8. The molecule has 1 aliphatic rings. The highest BCUT2D eigenvalue weighted by Gasteiger charge is 2.28. The van der Waals surface area contributed by atoms with Gasteiger partial charge in [0.25, 0.3) is 0 Å². The van der Waals surface area contributed by atoms with Crippen LogP contribution in [0.4, 0.5) is 0 Å². The molecule has 0 spiro atoms. The molecule has 2 amide bonds. The van der Waals surface area contributed by atoms with Crippen molar-refractivity contribution < 1.29 is 9.59 Å². The van der Waals surface area contributed by atoms with Gasteiger partial charge in [-0.2, -0.15) is 0 Å². The topological polar surface area (TPSA) is 66.6 Å². The van der Waals surface area contributed by atoms with Gasteiger partial charge in [-0.05, 0) is 12.0 Å². The fourth-order valence-corrected chi connectivity index (χ4v) is 2.56. The number of halogens is 1. The Bertz CT molecular complexity index is 466. The van der Waals surface area contributed by atoms with Crippen molar-refractivity contribution >= 4 is 24.2 Å². The molecule has 0 aliphatic carbocycles. The standard InChI is InChI=1S/C16H23N3O2.ClH/c17-9-11-18(10-8-14-4-2-1-3-5-14)12-13-19-15(20)6-7-16(19)21;/h1-5H,6-13,17H2;1H. The first kappa shape index (κ1) is 18.6. The van der Waals surface area contributed by atoms with Gasteiger partial charge in [0.1, 0.15) is 0 Å². The van der Waals surface area contributed by atoms with Crippen molar-refractivity contribution in [2.45, 2.75) is 19.3 Å². The molecule has 1 aromatic carbocycles. The Kier molecular flexibility index (Phi) is 8.09. The van der Waals surface area contributed by atoms with Gasteiger partial charge in [0.05, 0.1) is 0 Å². The van der Waals surface area contributed by atoms with Crippen LogP contribution in [-0.2, 0) is 16.0 Å². The second-order valence-electron chi connectivity index (χ2n) is 5.31. The molecule has 1 aliphatic heterocycles. The number of hydrogen-bond donors (Lipinski definition) is 1. The third kappa shape index (κ3) is 5.40. The van der Waals surface area contributed by atoms with E-state index in [2.05, 4.69) is 17.0 Å². The molecule has 0 saturated carbocycles. The van der Waals surface area contributed by atoms with Crippen molar-refractivity contribution in [3.63, 3.8) is 0 Å². The fraction of sp³-hybridized carbons (Fsp3) is 0.500. The molecule has 122 valence electrons. The van der Waals surface area contributed by atoms with E-state index in [9.17, 15) is 9.59 Å². The molecule has 2 N–H and O–H groups in total. The van der Waals surface area contributed by atoms with Gasteiger partial charge in [-0.1, -0.05) is 30.3 Å². The maximum absolute atomic E-state index is 11.6. The molecule has 1 saturated heterocycles. The molecule has 0 aromatic heterocycles. The average molecular weight is 326 g/mol. The molecule has 6 heteroatoms.